The summed E-state index contributed by atoms with van der Waals surface area (Å²) in [5.74, 6) is 0. The van der Waals surface area contributed by atoms with Crippen LogP contribution in [-0.4, -0.2) is 17.1 Å². The molecule has 1 aliphatic heterocycles. The number of pyridine rings is 1. The summed E-state index contributed by atoms with van der Waals surface area (Å²) in [6.45, 7) is 1.15. The van der Waals surface area contributed by atoms with Crippen molar-refractivity contribution in [1.29, 1.82) is 5.26 Å². The SMILES string of the molecule is C1CCC2(CC1)CCCNN2.N#Cc1cccnc1. The van der Waals surface area contributed by atoms with Gasteiger partial charge in [-0.25, -0.2) is 0 Å². The zero-order valence-electron chi connectivity index (χ0n) is 11.4. The predicted molar refractivity (Wildman–Crippen MR) is 75.1 cm³/mol. The van der Waals surface area contributed by atoms with Crippen LogP contribution in [0.5, 0.6) is 0 Å². The Balaban J connectivity index is 0.000000148. The van der Waals surface area contributed by atoms with Crippen molar-refractivity contribution in [3.63, 3.8) is 0 Å². The highest BCUT2D eigenvalue weighted by molar-refractivity contribution is 5.23. The van der Waals surface area contributed by atoms with Crippen LogP contribution in [0.25, 0.3) is 0 Å². The van der Waals surface area contributed by atoms with Gasteiger partial charge in [0.2, 0.25) is 0 Å². The Morgan fingerprint density at radius 2 is 1.95 bits per heavy atom. The van der Waals surface area contributed by atoms with Crippen molar-refractivity contribution in [1.82, 2.24) is 15.8 Å². The van der Waals surface area contributed by atoms with E-state index in [0.717, 1.165) is 6.54 Å². The molecule has 102 valence electrons. The molecule has 2 fully saturated rings. The van der Waals surface area contributed by atoms with Crippen LogP contribution in [-0.2, 0) is 0 Å². The fourth-order valence-corrected chi connectivity index (χ4v) is 2.86. The molecule has 0 atom stereocenters. The molecule has 1 saturated carbocycles. The topological polar surface area (TPSA) is 60.7 Å². The van der Waals surface area contributed by atoms with Gasteiger partial charge in [0.1, 0.15) is 6.07 Å². The van der Waals surface area contributed by atoms with E-state index < -0.39 is 0 Å². The summed E-state index contributed by atoms with van der Waals surface area (Å²) >= 11 is 0. The van der Waals surface area contributed by atoms with Crippen LogP contribution in [0.2, 0.25) is 0 Å². The molecular weight excluding hydrogens is 236 g/mol. The van der Waals surface area contributed by atoms with Crippen molar-refractivity contribution in [2.75, 3.05) is 6.54 Å². The molecule has 2 aliphatic rings. The lowest BCUT2D eigenvalue weighted by Gasteiger charge is -2.41. The first kappa shape index (κ1) is 14.0. The maximum atomic E-state index is 8.25. The van der Waals surface area contributed by atoms with Crippen LogP contribution < -0.4 is 10.9 Å². The second-order valence-electron chi connectivity index (χ2n) is 5.35. The minimum absolute atomic E-state index is 0.497. The van der Waals surface area contributed by atoms with Crippen molar-refractivity contribution in [2.45, 2.75) is 50.5 Å². The monoisotopic (exact) mass is 258 g/mol. The van der Waals surface area contributed by atoms with Crippen LogP contribution in [0.3, 0.4) is 0 Å². The molecule has 2 heterocycles. The number of hydrazine groups is 1. The van der Waals surface area contributed by atoms with Gasteiger partial charge in [0, 0.05) is 24.5 Å². The van der Waals surface area contributed by atoms with E-state index in [1.54, 1.807) is 18.3 Å². The van der Waals surface area contributed by atoms with Gasteiger partial charge < -0.3 is 0 Å². The largest absolute Gasteiger partial charge is 0.263 e. The maximum absolute atomic E-state index is 8.25. The molecule has 1 aliphatic carbocycles. The predicted octanol–water partition coefficient (Wildman–Crippen LogP) is 2.53. The van der Waals surface area contributed by atoms with Gasteiger partial charge in [-0.2, -0.15) is 5.26 Å². The van der Waals surface area contributed by atoms with Crippen LogP contribution in [0, 0.1) is 11.3 Å². The molecule has 0 radical (unpaired) electrons. The van der Waals surface area contributed by atoms with Crippen molar-refractivity contribution in [3.05, 3.63) is 30.1 Å². The minimum atomic E-state index is 0.497. The van der Waals surface area contributed by atoms with Gasteiger partial charge in [-0.05, 0) is 37.8 Å². The molecule has 1 aromatic rings. The van der Waals surface area contributed by atoms with Gasteiger partial charge in [-0.1, -0.05) is 19.3 Å². The highest BCUT2D eigenvalue weighted by atomic mass is 15.4. The van der Waals surface area contributed by atoms with Gasteiger partial charge in [0.25, 0.3) is 0 Å². The van der Waals surface area contributed by atoms with Crippen molar-refractivity contribution in [3.8, 4) is 6.07 Å². The third-order valence-electron chi connectivity index (χ3n) is 3.91. The van der Waals surface area contributed by atoms with Crippen LogP contribution in [0.4, 0.5) is 0 Å². The summed E-state index contributed by atoms with van der Waals surface area (Å²) < 4.78 is 0. The normalized spacial score (nSPS) is 21.0. The smallest absolute Gasteiger partial charge is 0.101 e. The highest BCUT2D eigenvalue weighted by Gasteiger charge is 2.32. The van der Waals surface area contributed by atoms with Gasteiger partial charge in [0.05, 0.1) is 5.56 Å². The van der Waals surface area contributed by atoms with Crippen molar-refractivity contribution < 1.29 is 0 Å². The quantitative estimate of drug-likeness (QED) is 0.750. The average Bonchev–Trinajstić information content (AvgIpc) is 2.50. The number of rotatable bonds is 0. The standard InChI is InChI=1S/C9H18N2.C6H4N2/c1-2-5-9(6-3-1)7-4-8-10-11-9;7-4-6-2-1-3-8-5-6/h10-11H,1-8H2;1-3,5H. The molecular formula is C15H22N4. The number of aromatic nitrogens is 1. The lowest BCUT2D eigenvalue weighted by Crippen LogP contribution is -2.57. The van der Waals surface area contributed by atoms with Crippen LogP contribution in [0.1, 0.15) is 50.5 Å². The zero-order chi connectivity index (χ0) is 13.4. The van der Waals surface area contributed by atoms with Crippen molar-refractivity contribution in [2.24, 2.45) is 0 Å². The Hall–Kier alpha value is -1.44. The molecule has 3 rings (SSSR count). The molecule has 4 heteroatoms. The fourth-order valence-electron chi connectivity index (χ4n) is 2.86. The lowest BCUT2D eigenvalue weighted by molar-refractivity contribution is 0.156. The molecule has 4 nitrogen and oxygen atoms in total. The molecule has 19 heavy (non-hydrogen) atoms. The van der Waals surface area contributed by atoms with Gasteiger partial charge in [-0.15, -0.1) is 0 Å². The van der Waals surface area contributed by atoms with Crippen LogP contribution in [0.15, 0.2) is 24.5 Å². The Morgan fingerprint density at radius 1 is 1.16 bits per heavy atom. The average molecular weight is 258 g/mol. The molecule has 1 aromatic heterocycles. The lowest BCUT2D eigenvalue weighted by atomic mass is 9.78. The van der Waals surface area contributed by atoms with E-state index >= 15 is 0 Å². The first-order chi connectivity index (χ1) is 9.35. The summed E-state index contributed by atoms with van der Waals surface area (Å²) in [4.78, 5) is 3.73. The van der Waals surface area contributed by atoms with E-state index in [0.29, 0.717) is 11.1 Å². The van der Waals surface area contributed by atoms with E-state index in [-0.39, 0.29) is 0 Å². The minimum Gasteiger partial charge on any atom is -0.263 e. The van der Waals surface area contributed by atoms with Gasteiger partial charge >= 0.3 is 0 Å². The molecule has 1 spiro atoms. The van der Waals surface area contributed by atoms with Crippen LogP contribution >= 0.6 is 0 Å². The number of nitrogens with one attached hydrogen (secondary N) is 2. The first-order valence-corrected chi connectivity index (χ1v) is 7.15. The Labute approximate surface area is 115 Å². The molecule has 0 bridgehead atoms. The van der Waals surface area contributed by atoms with Crippen molar-refractivity contribution >= 4 is 0 Å². The number of hydrogen-bond acceptors (Lipinski definition) is 4. The van der Waals surface area contributed by atoms with E-state index in [4.69, 9.17) is 5.26 Å². The summed E-state index contributed by atoms with van der Waals surface area (Å²) in [7, 11) is 0. The Kier molecular flexibility index (Phi) is 5.31. The Morgan fingerprint density at radius 3 is 2.47 bits per heavy atom. The molecule has 1 saturated heterocycles. The molecule has 0 unspecified atom stereocenters. The second kappa shape index (κ2) is 7.22. The van der Waals surface area contributed by atoms with Gasteiger partial charge in [0.15, 0.2) is 0 Å². The van der Waals surface area contributed by atoms with E-state index in [1.807, 2.05) is 6.07 Å². The summed E-state index contributed by atoms with van der Waals surface area (Å²) in [6, 6.07) is 5.41. The first-order valence-electron chi connectivity index (χ1n) is 7.15. The van der Waals surface area contributed by atoms with E-state index in [1.165, 1.54) is 51.1 Å². The fraction of sp³-hybridized carbons (Fsp3) is 0.600. The third kappa shape index (κ3) is 4.30. The molecule has 2 N–H and O–H groups in total. The van der Waals surface area contributed by atoms with Gasteiger partial charge in [-0.3, -0.25) is 15.8 Å². The third-order valence-corrected chi connectivity index (χ3v) is 3.91. The summed E-state index contributed by atoms with van der Waals surface area (Å²) in [6.07, 6.45) is 13.0. The zero-order valence-corrected chi connectivity index (χ0v) is 11.4. The molecule has 0 amide bonds. The number of nitriles is 1. The number of nitrogens with zero attached hydrogens (tertiary/aromatic N) is 2. The molecule has 0 aromatic carbocycles. The second-order valence-corrected chi connectivity index (χ2v) is 5.35. The Bertz CT molecular complexity index is 378. The summed E-state index contributed by atoms with van der Waals surface area (Å²) in [5, 5.41) is 8.25. The van der Waals surface area contributed by atoms with E-state index in [2.05, 4.69) is 15.8 Å². The maximum Gasteiger partial charge on any atom is 0.101 e. The number of hydrogen-bond donors (Lipinski definition) is 2. The summed E-state index contributed by atoms with van der Waals surface area (Å²) in [5.41, 5.74) is 7.88. The highest BCUT2D eigenvalue weighted by Crippen LogP contribution is 2.32. The van der Waals surface area contributed by atoms with E-state index in [9.17, 15) is 0 Å².